The quantitative estimate of drug-likeness (QED) is 0.344. The topological polar surface area (TPSA) is 55.2 Å². The predicted molar refractivity (Wildman–Crippen MR) is 30.3 cm³/mol. The lowest BCUT2D eigenvalue weighted by Gasteiger charge is -1.89. The Morgan fingerprint density at radius 3 is 2.00 bits per heavy atom. The van der Waals surface area contributed by atoms with Crippen molar-refractivity contribution in [1.82, 2.24) is 6.15 Å². The van der Waals surface area contributed by atoms with Crippen molar-refractivity contribution < 1.29 is 5.11 Å². The van der Waals surface area contributed by atoms with Crippen LogP contribution in [0.15, 0.2) is 0 Å². The molecule has 40 valence electrons. The number of rotatable bonds is 1. The second-order valence-corrected chi connectivity index (χ2v) is 1.48. The van der Waals surface area contributed by atoms with E-state index in [1.807, 2.05) is 6.92 Å². The van der Waals surface area contributed by atoms with Crippen LogP contribution in [-0.2, 0) is 0 Å². The molecule has 2 nitrogen and oxygen atoms in total. The van der Waals surface area contributed by atoms with E-state index in [1.165, 1.54) is 0 Å². The Morgan fingerprint density at radius 1 is 1.83 bits per heavy atom. The molecule has 0 aromatic rings. The molecule has 0 amide bonds. The second kappa shape index (κ2) is 5.27. The third kappa shape index (κ3) is 8.86. The summed E-state index contributed by atoms with van der Waals surface area (Å²) in [5.74, 6) is 0. The van der Waals surface area contributed by atoms with Gasteiger partial charge in [-0.25, -0.2) is 0 Å². The molecule has 0 rings (SSSR count). The molecule has 0 aliphatic carbocycles. The van der Waals surface area contributed by atoms with Gasteiger partial charge in [0.1, 0.15) is 0 Å². The van der Waals surface area contributed by atoms with Gasteiger partial charge >= 0.3 is 0 Å². The van der Waals surface area contributed by atoms with Crippen LogP contribution in [-0.4, -0.2) is 10.5 Å². The molecular formula is C3H11NOS. The fourth-order valence-corrected chi connectivity index (χ4v) is 0. The summed E-state index contributed by atoms with van der Waals surface area (Å²) >= 11 is 3.65. The Hall–Kier alpha value is 0.270. The third-order valence-corrected chi connectivity index (χ3v) is 0.730. The van der Waals surface area contributed by atoms with Gasteiger partial charge in [-0.1, -0.05) is 6.92 Å². The predicted octanol–water partition coefficient (Wildman–Crippen LogP) is 0.807. The Balaban J connectivity index is 0. The van der Waals surface area contributed by atoms with Crippen molar-refractivity contribution in [2.24, 2.45) is 0 Å². The maximum Gasteiger partial charge on any atom is 0.0962 e. The Bertz CT molecular complexity index is 24.8. The summed E-state index contributed by atoms with van der Waals surface area (Å²) in [7, 11) is 0. The van der Waals surface area contributed by atoms with E-state index >= 15 is 0 Å². The standard InChI is InChI=1S/C3H8OS.H3N/c1-2-3(4)5;/h3-5H,2H2,1H3;1H3. The summed E-state index contributed by atoms with van der Waals surface area (Å²) in [5.41, 5.74) is -0.421. The second-order valence-electron chi connectivity index (χ2n) is 0.889. The lowest BCUT2D eigenvalue weighted by atomic mass is 10.5. The monoisotopic (exact) mass is 109 g/mol. The fourth-order valence-electron chi connectivity index (χ4n) is 0. The van der Waals surface area contributed by atoms with E-state index in [9.17, 15) is 0 Å². The molecule has 0 aromatic carbocycles. The molecule has 0 aliphatic rings. The van der Waals surface area contributed by atoms with Crippen molar-refractivity contribution in [3.8, 4) is 0 Å². The zero-order chi connectivity index (χ0) is 4.28. The van der Waals surface area contributed by atoms with Gasteiger partial charge < -0.3 is 11.3 Å². The Morgan fingerprint density at radius 2 is 2.00 bits per heavy atom. The highest BCUT2D eigenvalue weighted by molar-refractivity contribution is 7.80. The minimum Gasteiger partial charge on any atom is -0.383 e. The van der Waals surface area contributed by atoms with E-state index < -0.39 is 5.44 Å². The highest BCUT2D eigenvalue weighted by Crippen LogP contribution is 1.90. The molecule has 0 heterocycles. The Kier molecular flexibility index (Phi) is 8.39. The molecule has 1 unspecified atom stereocenters. The van der Waals surface area contributed by atoms with E-state index in [0.717, 1.165) is 6.42 Å². The van der Waals surface area contributed by atoms with E-state index in [4.69, 9.17) is 5.11 Å². The molecule has 6 heavy (non-hydrogen) atoms. The van der Waals surface area contributed by atoms with E-state index in [0.29, 0.717) is 0 Å². The maximum atomic E-state index is 8.23. The van der Waals surface area contributed by atoms with Crippen molar-refractivity contribution in [2.45, 2.75) is 18.8 Å². The van der Waals surface area contributed by atoms with Gasteiger partial charge in [-0.3, -0.25) is 0 Å². The highest BCUT2D eigenvalue weighted by Gasteiger charge is 1.82. The van der Waals surface area contributed by atoms with Crippen molar-refractivity contribution in [1.29, 1.82) is 0 Å². The van der Waals surface area contributed by atoms with Crippen LogP contribution in [0.25, 0.3) is 0 Å². The van der Waals surface area contributed by atoms with Crippen LogP contribution in [0.1, 0.15) is 13.3 Å². The number of aliphatic hydroxyl groups is 1. The first-order valence-corrected chi connectivity index (χ1v) is 2.15. The van der Waals surface area contributed by atoms with Crippen LogP contribution in [0.2, 0.25) is 0 Å². The van der Waals surface area contributed by atoms with Gasteiger partial charge in [0.15, 0.2) is 0 Å². The lowest BCUT2D eigenvalue weighted by molar-refractivity contribution is 0.261. The van der Waals surface area contributed by atoms with Gasteiger partial charge in [-0.05, 0) is 6.42 Å². The van der Waals surface area contributed by atoms with E-state index in [-0.39, 0.29) is 6.15 Å². The largest absolute Gasteiger partial charge is 0.383 e. The smallest absolute Gasteiger partial charge is 0.0962 e. The van der Waals surface area contributed by atoms with Crippen LogP contribution >= 0.6 is 12.6 Å². The van der Waals surface area contributed by atoms with E-state index in [2.05, 4.69) is 12.6 Å². The van der Waals surface area contributed by atoms with Crippen LogP contribution in [0, 0.1) is 0 Å². The summed E-state index contributed by atoms with van der Waals surface area (Å²) in [6.07, 6.45) is 0.725. The molecule has 3 heteroatoms. The summed E-state index contributed by atoms with van der Waals surface area (Å²) < 4.78 is 0. The van der Waals surface area contributed by atoms with Gasteiger partial charge in [0.2, 0.25) is 0 Å². The average Bonchev–Trinajstić information content (AvgIpc) is 1.38. The van der Waals surface area contributed by atoms with Crippen LogP contribution in [0.4, 0.5) is 0 Å². The summed E-state index contributed by atoms with van der Waals surface area (Å²) in [5, 5.41) is 8.23. The molecule has 0 spiro atoms. The first-order chi connectivity index (χ1) is 2.27. The normalized spacial score (nSPS) is 12.5. The molecule has 0 saturated carbocycles. The van der Waals surface area contributed by atoms with Crippen LogP contribution < -0.4 is 6.15 Å². The van der Waals surface area contributed by atoms with Crippen molar-refractivity contribution in [2.75, 3.05) is 0 Å². The summed E-state index contributed by atoms with van der Waals surface area (Å²) in [4.78, 5) is 0. The number of hydrogen-bond donors (Lipinski definition) is 3. The van der Waals surface area contributed by atoms with Crippen molar-refractivity contribution >= 4 is 12.6 Å². The number of hydrogen-bond acceptors (Lipinski definition) is 3. The van der Waals surface area contributed by atoms with E-state index in [1.54, 1.807) is 0 Å². The zero-order valence-electron chi connectivity index (χ0n) is 3.89. The first kappa shape index (κ1) is 9.55. The highest BCUT2D eigenvalue weighted by atomic mass is 32.1. The fraction of sp³-hybridized carbons (Fsp3) is 1.00. The van der Waals surface area contributed by atoms with Crippen LogP contribution in [0.5, 0.6) is 0 Å². The molecule has 4 N–H and O–H groups in total. The van der Waals surface area contributed by atoms with Gasteiger partial charge in [0, 0.05) is 0 Å². The molecular weight excluding hydrogens is 98.1 g/mol. The minimum atomic E-state index is -0.421. The molecule has 0 radical (unpaired) electrons. The SMILES string of the molecule is CCC(O)S.N. The third-order valence-electron chi connectivity index (χ3n) is 0.365. The van der Waals surface area contributed by atoms with Crippen LogP contribution in [0.3, 0.4) is 0 Å². The zero-order valence-corrected chi connectivity index (χ0v) is 4.78. The molecule has 0 aliphatic heterocycles. The Labute approximate surface area is 43.6 Å². The van der Waals surface area contributed by atoms with Crippen molar-refractivity contribution in [3.05, 3.63) is 0 Å². The molecule has 0 aromatic heterocycles. The molecule has 0 saturated heterocycles. The van der Waals surface area contributed by atoms with Gasteiger partial charge in [-0.15, -0.1) is 12.6 Å². The van der Waals surface area contributed by atoms with Gasteiger partial charge in [-0.2, -0.15) is 0 Å². The average molecular weight is 109 g/mol. The first-order valence-electron chi connectivity index (χ1n) is 1.63. The van der Waals surface area contributed by atoms with Gasteiger partial charge in [0.25, 0.3) is 0 Å². The van der Waals surface area contributed by atoms with Crippen molar-refractivity contribution in [3.63, 3.8) is 0 Å². The molecule has 1 atom stereocenters. The number of aliphatic hydroxyl groups excluding tert-OH is 1. The maximum absolute atomic E-state index is 8.23. The minimum absolute atomic E-state index is 0. The molecule has 0 fully saturated rings. The molecule has 0 bridgehead atoms. The summed E-state index contributed by atoms with van der Waals surface area (Å²) in [6, 6.07) is 0. The lowest BCUT2D eigenvalue weighted by Crippen LogP contribution is -1.88. The summed E-state index contributed by atoms with van der Waals surface area (Å²) in [6.45, 7) is 1.87. The van der Waals surface area contributed by atoms with Gasteiger partial charge in [0.05, 0.1) is 5.44 Å². The number of thiol groups is 1.